The van der Waals surface area contributed by atoms with Gasteiger partial charge in [0.25, 0.3) is 0 Å². The lowest BCUT2D eigenvalue weighted by atomic mass is 9.99. The highest BCUT2D eigenvalue weighted by molar-refractivity contribution is 8.00. The second-order valence-electron chi connectivity index (χ2n) is 9.58. The van der Waals surface area contributed by atoms with Crippen molar-refractivity contribution >= 4 is 53.5 Å². The summed E-state index contributed by atoms with van der Waals surface area (Å²) < 4.78 is 49.2. The Kier molecular flexibility index (Phi) is 13.7. The molecule has 17 heteroatoms. The molecular formula is C26H36O16S. The summed E-state index contributed by atoms with van der Waals surface area (Å²) in [5.74, 6) is -5.10. The first-order valence-corrected chi connectivity index (χ1v) is 14.1. The van der Waals surface area contributed by atoms with Crippen molar-refractivity contribution < 1.29 is 76.2 Å². The fourth-order valence-corrected chi connectivity index (χ4v) is 5.92. The normalized spacial score (nSPS) is 30.2. The average molecular weight is 637 g/mol. The van der Waals surface area contributed by atoms with Gasteiger partial charge in [0.15, 0.2) is 24.4 Å². The number of hydrogen-bond acceptors (Lipinski definition) is 17. The van der Waals surface area contributed by atoms with E-state index in [0.717, 1.165) is 53.3 Å². The molecule has 0 spiro atoms. The van der Waals surface area contributed by atoms with Crippen LogP contribution in [-0.2, 0) is 76.2 Å². The fraction of sp³-hybridized carbons (Fsp3) is 0.731. The summed E-state index contributed by atoms with van der Waals surface area (Å²) in [4.78, 5) is 83.1. The Morgan fingerprint density at radius 3 is 1.51 bits per heavy atom. The molecular weight excluding hydrogens is 600 g/mol. The summed E-state index contributed by atoms with van der Waals surface area (Å²) in [6.07, 6.45) is -8.78. The first-order chi connectivity index (χ1) is 20.1. The molecule has 1 unspecified atom stereocenters. The van der Waals surface area contributed by atoms with Gasteiger partial charge in [-0.3, -0.25) is 33.6 Å². The van der Waals surface area contributed by atoms with Crippen LogP contribution >= 0.6 is 11.8 Å². The Labute approximate surface area is 251 Å². The molecule has 2 heterocycles. The van der Waals surface area contributed by atoms with Gasteiger partial charge in [0.05, 0.1) is 0 Å². The van der Waals surface area contributed by atoms with Crippen LogP contribution in [0.4, 0.5) is 0 Å². The lowest BCUT2D eigenvalue weighted by molar-refractivity contribution is -0.246. The molecule has 43 heavy (non-hydrogen) atoms. The number of carbonyl (C=O) groups excluding carboxylic acids is 7. The highest BCUT2D eigenvalue weighted by Crippen LogP contribution is 2.41. The number of thioether (sulfide) groups is 1. The summed E-state index contributed by atoms with van der Waals surface area (Å²) >= 11 is 0.973. The lowest BCUT2D eigenvalue weighted by Gasteiger charge is -2.46. The molecule has 0 radical (unpaired) electrons. The minimum absolute atomic E-state index is 0.0268. The lowest BCUT2D eigenvalue weighted by Crippen LogP contribution is -2.62. The van der Waals surface area contributed by atoms with Crippen LogP contribution in [0, 0.1) is 0 Å². The van der Waals surface area contributed by atoms with Gasteiger partial charge in [0.1, 0.15) is 30.9 Å². The molecule has 2 aliphatic heterocycles. The molecule has 0 aromatic carbocycles. The van der Waals surface area contributed by atoms with E-state index in [1.807, 2.05) is 0 Å². The van der Waals surface area contributed by atoms with Gasteiger partial charge >= 0.3 is 41.8 Å². The van der Waals surface area contributed by atoms with Gasteiger partial charge in [0.2, 0.25) is 6.29 Å². The van der Waals surface area contributed by atoms with Crippen LogP contribution in [0.3, 0.4) is 0 Å². The SMILES string of the molecule is CC(=O)OC[C@H]1O[C@@H](S[C@H]2C[C@@H](OC(C)=O)C(OC(C)=O)O[C@@H]2COC(C)=O)[C@H](OC(C)=O)[C@@H](OC(C)=O)[C@@H]1OC(C)=O. The van der Waals surface area contributed by atoms with Gasteiger partial charge in [-0.05, 0) is 0 Å². The van der Waals surface area contributed by atoms with Crippen molar-refractivity contribution in [2.24, 2.45) is 0 Å². The van der Waals surface area contributed by atoms with Crippen LogP contribution in [0.5, 0.6) is 0 Å². The third kappa shape index (κ3) is 11.6. The van der Waals surface area contributed by atoms with E-state index in [1.165, 1.54) is 6.92 Å². The number of carbonyl (C=O) groups is 7. The predicted octanol–water partition coefficient (Wildman–Crippen LogP) is 0.344. The van der Waals surface area contributed by atoms with Gasteiger partial charge < -0.3 is 42.6 Å². The summed E-state index contributed by atoms with van der Waals surface area (Å²) in [5, 5.41) is -0.754. The minimum atomic E-state index is -1.41. The molecule has 0 aromatic rings. The molecule has 242 valence electrons. The molecule has 2 fully saturated rings. The van der Waals surface area contributed by atoms with Crippen molar-refractivity contribution in [1.82, 2.24) is 0 Å². The maximum atomic E-state index is 12.2. The van der Waals surface area contributed by atoms with Crippen LogP contribution in [0.15, 0.2) is 0 Å². The summed E-state index contributed by atoms with van der Waals surface area (Å²) in [6.45, 7) is 7.15. The number of rotatable bonds is 11. The number of esters is 7. The predicted molar refractivity (Wildman–Crippen MR) is 141 cm³/mol. The van der Waals surface area contributed by atoms with Gasteiger partial charge in [-0.1, -0.05) is 0 Å². The van der Waals surface area contributed by atoms with E-state index in [1.54, 1.807) is 0 Å². The maximum Gasteiger partial charge on any atom is 0.305 e. The monoisotopic (exact) mass is 636 g/mol. The van der Waals surface area contributed by atoms with E-state index in [0.29, 0.717) is 0 Å². The Balaban J connectivity index is 2.53. The van der Waals surface area contributed by atoms with Crippen molar-refractivity contribution in [1.29, 1.82) is 0 Å². The van der Waals surface area contributed by atoms with E-state index < -0.39 is 102 Å². The van der Waals surface area contributed by atoms with Crippen molar-refractivity contribution in [2.45, 2.75) is 108 Å². The van der Waals surface area contributed by atoms with E-state index >= 15 is 0 Å². The molecule has 0 amide bonds. The summed E-state index contributed by atoms with van der Waals surface area (Å²) in [7, 11) is 0. The molecule has 9 atom stereocenters. The zero-order valence-corrected chi connectivity index (χ0v) is 25.6. The molecule has 2 saturated heterocycles. The minimum Gasteiger partial charge on any atom is -0.463 e. The molecule has 16 nitrogen and oxygen atoms in total. The molecule has 0 aromatic heterocycles. The summed E-state index contributed by atoms with van der Waals surface area (Å²) in [5.41, 5.74) is -1.20. The van der Waals surface area contributed by atoms with Crippen LogP contribution in [-0.4, -0.2) is 109 Å². The van der Waals surface area contributed by atoms with Crippen molar-refractivity contribution in [2.75, 3.05) is 13.2 Å². The molecule has 0 N–H and O–H groups in total. The maximum absolute atomic E-state index is 12.2. The Morgan fingerprint density at radius 2 is 1.02 bits per heavy atom. The Morgan fingerprint density at radius 1 is 0.558 bits per heavy atom. The number of ether oxygens (including phenoxy) is 9. The van der Waals surface area contributed by atoms with Gasteiger partial charge in [-0.25, -0.2) is 0 Å². The molecule has 2 aliphatic rings. The second kappa shape index (κ2) is 16.4. The highest BCUT2D eigenvalue weighted by atomic mass is 32.2. The van der Waals surface area contributed by atoms with Gasteiger partial charge in [0, 0.05) is 60.1 Å². The Bertz CT molecular complexity index is 1060. The quantitative estimate of drug-likeness (QED) is 0.222. The van der Waals surface area contributed by atoms with Crippen LogP contribution < -0.4 is 0 Å². The highest BCUT2D eigenvalue weighted by Gasteiger charge is 2.54. The Hall–Kier alpha value is -3.44. The molecule has 0 bridgehead atoms. The van der Waals surface area contributed by atoms with Crippen molar-refractivity contribution in [3.8, 4) is 0 Å². The third-order valence-corrected chi connectivity index (χ3v) is 7.29. The van der Waals surface area contributed by atoms with Crippen molar-refractivity contribution in [3.63, 3.8) is 0 Å². The smallest absolute Gasteiger partial charge is 0.305 e. The second-order valence-corrected chi connectivity index (χ2v) is 10.9. The summed E-state index contributed by atoms with van der Waals surface area (Å²) in [6, 6.07) is 0. The topological polar surface area (TPSA) is 203 Å². The van der Waals surface area contributed by atoms with E-state index in [-0.39, 0.29) is 13.0 Å². The standard InChI is InChI=1S/C26H36O16S/c1-11(27)34-9-19-21(8-18(36-13(3)29)25(41-19)40-17(7)33)43-26-24(39-16(6)32)23(38-15(5)31)22(37-14(4)30)20(42-26)10-35-12(2)28/h18-26H,8-10H2,1-7H3/t18-,19-,20-,21+,22-,23+,24-,25?,26+/m1/s1. The van der Waals surface area contributed by atoms with E-state index in [2.05, 4.69) is 0 Å². The fourth-order valence-electron chi connectivity index (χ4n) is 4.38. The number of hydrogen-bond donors (Lipinski definition) is 0. The van der Waals surface area contributed by atoms with E-state index in [4.69, 9.17) is 42.6 Å². The van der Waals surface area contributed by atoms with Gasteiger partial charge in [-0.15, -0.1) is 11.8 Å². The zero-order valence-electron chi connectivity index (χ0n) is 24.8. The first-order valence-electron chi connectivity index (χ1n) is 13.2. The largest absolute Gasteiger partial charge is 0.463 e. The third-order valence-electron chi connectivity index (χ3n) is 5.80. The van der Waals surface area contributed by atoms with Gasteiger partial charge in [-0.2, -0.15) is 0 Å². The molecule has 0 saturated carbocycles. The van der Waals surface area contributed by atoms with Crippen LogP contribution in [0.1, 0.15) is 54.9 Å². The average Bonchev–Trinajstić information content (AvgIpc) is 2.85. The van der Waals surface area contributed by atoms with Crippen LogP contribution in [0.2, 0.25) is 0 Å². The molecule has 2 rings (SSSR count). The van der Waals surface area contributed by atoms with Crippen LogP contribution in [0.25, 0.3) is 0 Å². The first kappa shape index (κ1) is 35.8. The zero-order chi connectivity index (χ0) is 32.4. The van der Waals surface area contributed by atoms with Crippen molar-refractivity contribution in [3.05, 3.63) is 0 Å². The molecule has 0 aliphatic carbocycles. The van der Waals surface area contributed by atoms with E-state index in [9.17, 15) is 33.6 Å².